The maximum atomic E-state index is 12.7. The molecule has 7 heteroatoms. The Bertz CT molecular complexity index is 779. The van der Waals surface area contributed by atoms with Gasteiger partial charge in [0.25, 0.3) is 5.91 Å². The zero-order valence-electron chi connectivity index (χ0n) is 13.9. The van der Waals surface area contributed by atoms with Crippen molar-refractivity contribution in [2.24, 2.45) is 11.3 Å². The molecule has 0 aliphatic carbocycles. The number of aliphatic carboxylic acids is 1. The number of amides is 1. The molecule has 0 bridgehead atoms. The monoisotopic (exact) mass is 348 g/mol. The smallest absolute Gasteiger partial charge is 0.311 e. The fourth-order valence-corrected chi connectivity index (χ4v) is 3.85. The van der Waals surface area contributed by atoms with E-state index in [1.54, 1.807) is 10.3 Å². The van der Waals surface area contributed by atoms with Crippen LogP contribution in [0.2, 0.25) is 0 Å². The van der Waals surface area contributed by atoms with Gasteiger partial charge in [-0.1, -0.05) is 13.8 Å². The maximum Gasteiger partial charge on any atom is 0.311 e. The third kappa shape index (κ3) is 2.73. The summed E-state index contributed by atoms with van der Waals surface area (Å²) in [5.74, 6) is 0.336. The summed E-state index contributed by atoms with van der Waals surface area (Å²) in [6.45, 7) is 6.30. The highest BCUT2D eigenvalue weighted by molar-refractivity contribution is 7.13. The Kier molecular flexibility index (Phi) is 4.21. The van der Waals surface area contributed by atoms with Crippen LogP contribution in [0, 0.1) is 18.3 Å². The van der Waals surface area contributed by atoms with E-state index in [9.17, 15) is 14.7 Å². The molecule has 3 rings (SSSR count). The first-order valence-electron chi connectivity index (χ1n) is 7.88. The number of thiazole rings is 1. The maximum absolute atomic E-state index is 12.7. The second kappa shape index (κ2) is 6.05. The highest BCUT2D eigenvalue weighted by Gasteiger charge is 2.48. The summed E-state index contributed by atoms with van der Waals surface area (Å²) in [6, 6.07) is 3.68. The zero-order chi connectivity index (χ0) is 17.5. The number of aromatic nitrogens is 1. The summed E-state index contributed by atoms with van der Waals surface area (Å²) in [4.78, 5) is 30.3. The number of hydrogen-bond donors (Lipinski definition) is 1. The molecule has 1 saturated heterocycles. The quantitative estimate of drug-likeness (QED) is 0.916. The largest absolute Gasteiger partial charge is 0.481 e. The Morgan fingerprint density at radius 1 is 1.42 bits per heavy atom. The summed E-state index contributed by atoms with van der Waals surface area (Å²) >= 11 is 1.35. The molecule has 0 aromatic carbocycles. The molecule has 128 valence electrons. The van der Waals surface area contributed by atoms with Gasteiger partial charge in [-0.15, -0.1) is 11.3 Å². The molecule has 1 aliphatic heterocycles. The van der Waals surface area contributed by atoms with Gasteiger partial charge in [0, 0.05) is 18.5 Å². The normalized spacial score (nSPS) is 20.8. The van der Waals surface area contributed by atoms with E-state index in [1.165, 1.54) is 11.3 Å². The van der Waals surface area contributed by atoms with Crippen LogP contribution in [-0.2, 0) is 4.79 Å². The van der Waals surface area contributed by atoms with Crippen LogP contribution >= 0.6 is 11.3 Å². The van der Waals surface area contributed by atoms with Crippen molar-refractivity contribution in [2.45, 2.75) is 27.2 Å². The number of nitrogens with zero attached hydrogens (tertiary/aromatic N) is 2. The fourth-order valence-electron chi connectivity index (χ4n) is 3.10. The predicted molar refractivity (Wildman–Crippen MR) is 90.0 cm³/mol. The van der Waals surface area contributed by atoms with Crippen molar-refractivity contribution in [2.75, 3.05) is 13.1 Å². The van der Waals surface area contributed by atoms with Gasteiger partial charge in [0.05, 0.1) is 5.41 Å². The van der Waals surface area contributed by atoms with Crippen LogP contribution in [0.4, 0.5) is 0 Å². The van der Waals surface area contributed by atoms with Crippen molar-refractivity contribution < 1.29 is 19.1 Å². The van der Waals surface area contributed by atoms with Gasteiger partial charge >= 0.3 is 5.97 Å². The SMILES string of the molecule is Cc1ccc(-c2nc(C(=O)N3CCC(C(=O)O)(C(C)C)C3)cs2)o1. The molecule has 1 unspecified atom stereocenters. The molecule has 1 amide bonds. The van der Waals surface area contributed by atoms with Crippen molar-refractivity contribution in [3.63, 3.8) is 0 Å². The Labute approximate surface area is 144 Å². The lowest BCUT2D eigenvalue weighted by molar-refractivity contribution is -0.150. The van der Waals surface area contributed by atoms with E-state index in [-0.39, 0.29) is 18.4 Å². The molecule has 3 heterocycles. The number of carbonyl (C=O) groups is 2. The number of carboxylic acid groups (broad SMARTS) is 1. The molecule has 1 N–H and O–H groups in total. The molecule has 0 saturated carbocycles. The lowest BCUT2D eigenvalue weighted by Crippen LogP contribution is -2.40. The van der Waals surface area contributed by atoms with Crippen molar-refractivity contribution in [3.05, 3.63) is 29.0 Å². The van der Waals surface area contributed by atoms with Crippen molar-refractivity contribution in [1.82, 2.24) is 9.88 Å². The number of furan rings is 1. The Morgan fingerprint density at radius 2 is 2.17 bits per heavy atom. The number of rotatable bonds is 4. The van der Waals surface area contributed by atoms with Crippen LogP contribution in [0.5, 0.6) is 0 Å². The molecular weight excluding hydrogens is 328 g/mol. The molecule has 1 fully saturated rings. The Hall–Kier alpha value is -2.15. The summed E-state index contributed by atoms with van der Waals surface area (Å²) in [5, 5.41) is 11.9. The van der Waals surface area contributed by atoms with Gasteiger partial charge in [0.1, 0.15) is 11.5 Å². The lowest BCUT2D eigenvalue weighted by atomic mass is 9.76. The van der Waals surface area contributed by atoms with E-state index >= 15 is 0 Å². The zero-order valence-corrected chi connectivity index (χ0v) is 14.7. The van der Waals surface area contributed by atoms with Crippen LogP contribution in [0.3, 0.4) is 0 Å². The summed E-state index contributed by atoms with van der Waals surface area (Å²) < 4.78 is 5.53. The third-order valence-corrected chi connectivity index (χ3v) is 5.65. The second-order valence-corrected chi connectivity index (χ2v) is 7.40. The van der Waals surface area contributed by atoms with Gasteiger partial charge in [-0.05, 0) is 31.4 Å². The molecule has 0 spiro atoms. The van der Waals surface area contributed by atoms with Crippen LogP contribution in [0.15, 0.2) is 21.9 Å². The number of likely N-dealkylation sites (tertiary alicyclic amines) is 1. The number of carbonyl (C=O) groups excluding carboxylic acids is 1. The van der Waals surface area contributed by atoms with Crippen LogP contribution in [0.25, 0.3) is 10.8 Å². The van der Waals surface area contributed by atoms with Crippen LogP contribution in [0.1, 0.15) is 36.5 Å². The molecular formula is C17H20N2O4S. The molecule has 6 nitrogen and oxygen atoms in total. The number of hydrogen-bond acceptors (Lipinski definition) is 5. The first kappa shape index (κ1) is 16.7. The third-order valence-electron chi connectivity index (χ3n) is 4.79. The van der Waals surface area contributed by atoms with Crippen molar-refractivity contribution >= 4 is 23.2 Å². The topological polar surface area (TPSA) is 83.6 Å². The number of aryl methyl sites for hydroxylation is 1. The molecule has 24 heavy (non-hydrogen) atoms. The van der Waals surface area contributed by atoms with E-state index in [1.807, 2.05) is 32.9 Å². The molecule has 2 aromatic heterocycles. The summed E-state index contributed by atoms with van der Waals surface area (Å²) in [6.07, 6.45) is 0.472. The minimum Gasteiger partial charge on any atom is -0.481 e. The first-order chi connectivity index (χ1) is 11.3. The minimum absolute atomic E-state index is 0.0371. The first-order valence-corrected chi connectivity index (χ1v) is 8.76. The van der Waals surface area contributed by atoms with Gasteiger partial charge in [-0.2, -0.15) is 0 Å². The van der Waals surface area contributed by atoms with Gasteiger partial charge in [0.2, 0.25) is 0 Å². The average Bonchev–Trinajstić information content (AvgIpc) is 3.25. The van der Waals surface area contributed by atoms with E-state index in [2.05, 4.69) is 4.98 Å². The summed E-state index contributed by atoms with van der Waals surface area (Å²) in [5.41, 5.74) is -0.527. The Balaban J connectivity index is 1.79. The van der Waals surface area contributed by atoms with Gasteiger partial charge in [-0.3, -0.25) is 9.59 Å². The molecule has 1 atom stereocenters. The minimum atomic E-state index is -0.868. The highest BCUT2D eigenvalue weighted by atomic mass is 32.1. The van der Waals surface area contributed by atoms with E-state index < -0.39 is 11.4 Å². The average molecular weight is 348 g/mol. The predicted octanol–water partition coefficient (Wildman–Crippen LogP) is 3.28. The van der Waals surface area contributed by atoms with Gasteiger partial charge in [-0.25, -0.2) is 4.98 Å². The summed E-state index contributed by atoms with van der Waals surface area (Å²) in [7, 11) is 0. The van der Waals surface area contributed by atoms with Crippen LogP contribution < -0.4 is 0 Å². The standard InChI is InChI=1S/C17H20N2O4S/c1-10(2)17(16(21)22)6-7-19(9-17)15(20)12-8-24-14(18-12)13-5-4-11(3)23-13/h4-5,8,10H,6-7,9H2,1-3H3,(H,21,22). The van der Waals surface area contributed by atoms with Gasteiger partial charge < -0.3 is 14.4 Å². The van der Waals surface area contributed by atoms with Gasteiger partial charge in [0.15, 0.2) is 10.8 Å². The van der Waals surface area contributed by atoms with E-state index in [4.69, 9.17) is 4.42 Å². The number of carboxylic acids is 1. The van der Waals surface area contributed by atoms with E-state index in [0.717, 1.165) is 5.76 Å². The molecule has 0 radical (unpaired) electrons. The van der Waals surface area contributed by atoms with Crippen molar-refractivity contribution in [3.8, 4) is 10.8 Å². The lowest BCUT2D eigenvalue weighted by Gasteiger charge is -2.28. The van der Waals surface area contributed by atoms with Crippen LogP contribution in [-0.4, -0.2) is 40.0 Å². The molecule has 2 aromatic rings. The van der Waals surface area contributed by atoms with E-state index in [0.29, 0.717) is 29.4 Å². The van der Waals surface area contributed by atoms with Crippen molar-refractivity contribution in [1.29, 1.82) is 0 Å². The fraction of sp³-hybridized carbons (Fsp3) is 0.471. The Morgan fingerprint density at radius 3 is 2.71 bits per heavy atom. The second-order valence-electron chi connectivity index (χ2n) is 6.54. The highest BCUT2D eigenvalue weighted by Crippen LogP contribution is 2.39. The molecule has 1 aliphatic rings.